The molecule has 0 aliphatic heterocycles. The molecule has 8 nitrogen and oxygen atoms in total. The maximum absolute atomic E-state index is 12.6. The topological polar surface area (TPSA) is 96.7 Å². The molecule has 1 aromatic heterocycles. The summed E-state index contributed by atoms with van der Waals surface area (Å²) in [5.41, 5.74) is 0. The Hall–Kier alpha value is -2.09. The SMILES string of the molecule is COCCCN(CC(=O)Nc1cc(C)on1)C(=O)NC1CCCCC1. The van der Waals surface area contributed by atoms with Gasteiger partial charge < -0.3 is 24.8 Å². The van der Waals surface area contributed by atoms with Crippen molar-refractivity contribution in [2.75, 3.05) is 32.1 Å². The molecule has 0 unspecified atom stereocenters. The first-order chi connectivity index (χ1) is 12.1. The van der Waals surface area contributed by atoms with Crippen LogP contribution in [0.1, 0.15) is 44.3 Å². The van der Waals surface area contributed by atoms with E-state index in [1.807, 2.05) is 0 Å². The molecule has 25 heavy (non-hydrogen) atoms. The van der Waals surface area contributed by atoms with E-state index in [4.69, 9.17) is 9.26 Å². The highest BCUT2D eigenvalue weighted by atomic mass is 16.5. The second kappa shape index (κ2) is 10.0. The maximum Gasteiger partial charge on any atom is 0.318 e. The van der Waals surface area contributed by atoms with E-state index in [1.165, 1.54) is 11.3 Å². The zero-order chi connectivity index (χ0) is 18.1. The molecule has 0 spiro atoms. The first-order valence-electron chi connectivity index (χ1n) is 8.86. The van der Waals surface area contributed by atoms with Gasteiger partial charge >= 0.3 is 6.03 Å². The molecule has 1 saturated carbocycles. The van der Waals surface area contributed by atoms with E-state index in [0.29, 0.717) is 31.2 Å². The third-order valence-electron chi connectivity index (χ3n) is 4.23. The summed E-state index contributed by atoms with van der Waals surface area (Å²) >= 11 is 0. The molecule has 1 aliphatic carbocycles. The maximum atomic E-state index is 12.6. The molecule has 1 aromatic rings. The quantitative estimate of drug-likeness (QED) is 0.700. The van der Waals surface area contributed by atoms with Crippen LogP contribution >= 0.6 is 0 Å². The molecule has 0 radical (unpaired) electrons. The molecule has 0 aromatic carbocycles. The number of aryl methyl sites for hydroxylation is 1. The number of amides is 3. The second-order valence-electron chi connectivity index (χ2n) is 6.42. The van der Waals surface area contributed by atoms with Gasteiger partial charge in [0, 0.05) is 32.4 Å². The number of carbonyl (C=O) groups excluding carboxylic acids is 2. The van der Waals surface area contributed by atoms with Crippen molar-refractivity contribution in [2.45, 2.75) is 51.5 Å². The Bertz CT molecular complexity index is 555. The molecule has 0 bridgehead atoms. The molecule has 2 N–H and O–H groups in total. The second-order valence-corrected chi connectivity index (χ2v) is 6.42. The van der Waals surface area contributed by atoms with Gasteiger partial charge in [0.1, 0.15) is 12.3 Å². The highest BCUT2D eigenvalue weighted by Gasteiger charge is 2.22. The van der Waals surface area contributed by atoms with E-state index < -0.39 is 0 Å². The Labute approximate surface area is 148 Å². The van der Waals surface area contributed by atoms with Gasteiger partial charge in [0.2, 0.25) is 5.91 Å². The fourth-order valence-corrected chi connectivity index (χ4v) is 2.95. The van der Waals surface area contributed by atoms with Crippen molar-refractivity contribution in [3.05, 3.63) is 11.8 Å². The van der Waals surface area contributed by atoms with Crippen LogP contribution in [-0.2, 0) is 9.53 Å². The van der Waals surface area contributed by atoms with Crippen molar-refractivity contribution < 1.29 is 18.8 Å². The molecule has 1 fully saturated rings. The molecule has 2 rings (SSSR count). The predicted octanol–water partition coefficient (Wildman–Crippen LogP) is 2.30. The van der Waals surface area contributed by atoms with E-state index >= 15 is 0 Å². The summed E-state index contributed by atoms with van der Waals surface area (Å²) in [4.78, 5) is 26.3. The van der Waals surface area contributed by atoms with Gasteiger partial charge in [-0.25, -0.2) is 4.79 Å². The van der Waals surface area contributed by atoms with Crippen LogP contribution in [0.3, 0.4) is 0 Å². The summed E-state index contributed by atoms with van der Waals surface area (Å²) in [6.45, 7) is 2.71. The smallest absolute Gasteiger partial charge is 0.318 e. The monoisotopic (exact) mass is 352 g/mol. The summed E-state index contributed by atoms with van der Waals surface area (Å²) in [6.07, 6.45) is 6.18. The lowest BCUT2D eigenvalue weighted by Crippen LogP contribution is -2.48. The summed E-state index contributed by atoms with van der Waals surface area (Å²) in [6, 6.07) is 1.64. The Morgan fingerprint density at radius 2 is 2.12 bits per heavy atom. The number of carbonyl (C=O) groups is 2. The van der Waals surface area contributed by atoms with E-state index in [0.717, 1.165) is 25.7 Å². The summed E-state index contributed by atoms with van der Waals surface area (Å²) in [5, 5.41) is 9.43. The zero-order valence-electron chi connectivity index (χ0n) is 15.0. The Morgan fingerprint density at radius 1 is 1.36 bits per heavy atom. The van der Waals surface area contributed by atoms with Crippen molar-refractivity contribution in [3.8, 4) is 0 Å². The highest BCUT2D eigenvalue weighted by Crippen LogP contribution is 2.17. The van der Waals surface area contributed by atoms with Gasteiger partial charge in [-0.15, -0.1) is 0 Å². The number of nitrogens with one attached hydrogen (secondary N) is 2. The molecular weight excluding hydrogens is 324 g/mol. The molecule has 0 atom stereocenters. The van der Waals surface area contributed by atoms with Gasteiger partial charge in [0.15, 0.2) is 5.82 Å². The fourth-order valence-electron chi connectivity index (χ4n) is 2.95. The van der Waals surface area contributed by atoms with Crippen molar-refractivity contribution in [2.24, 2.45) is 0 Å². The summed E-state index contributed by atoms with van der Waals surface area (Å²) in [5.74, 6) is 0.666. The van der Waals surface area contributed by atoms with Gasteiger partial charge in [-0.2, -0.15) is 0 Å². The number of nitrogens with zero attached hydrogens (tertiary/aromatic N) is 2. The van der Waals surface area contributed by atoms with Gasteiger partial charge in [-0.3, -0.25) is 4.79 Å². The largest absolute Gasteiger partial charge is 0.385 e. The molecule has 0 saturated heterocycles. The first kappa shape index (κ1) is 19.2. The summed E-state index contributed by atoms with van der Waals surface area (Å²) < 4.78 is 9.97. The van der Waals surface area contributed by atoms with Gasteiger partial charge in [-0.05, 0) is 26.2 Å². The van der Waals surface area contributed by atoms with Crippen LogP contribution < -0.4 is 10.6 Å². The number of ether oxygens (including phenoxy) is 1. The fraction of sp³-hybridized carbons (Fsp3) is 0.706. The average Bonchev–Trinajstić information content (AvgIpc) is 2.99. The normalized spacial score (nSPS) is 15.0. The van der Waals surface area contributed by atoms with Crippen LogP contribution in [0, 0.1) is 6.92 Å². The number of methoxy groups -OCH3 is 1. The Morgan fingerprint density at radius 3 is 2.76 bits per heavy atom. The molecule has 140 valence electrons. The minimum absolute atomic E-state index is 0.0336. The van der Waals surface area contributed by atoms with Crippen LogP contribution in [0.5, 0.6) is 0 Å². The third-order valence-corrected chi connectivity index (χ3v) is 4.23. The van der Waals surface area contributed by atoms with Crippen LogP contribution in [0.15, 0.2) is 10.6 Å². The number of rotatable bonds is 8. The van der Waals surface area contributed by atoms with Crippen molar-refractivity contribution in [1.82, 2.24) is 15.4 Å². The number of anilines is 1. The van der Waals surface area contributed by atoms with Gasteiger partial charge in [0.25, 0.3) is 0 Å². The van der Waals surface area contributed by atoms with E-state index in [2.05, 4.69) is 15.8 Å². The van der Waals surface area contributed by atoms with Crippen molar-refractivity contribution >= 4 is 17.8 Å². The van der Waals surface area contributed by atoms with Crippen LogP contribution in [0.4, 0.5) is 10.6 Å². The predicted molar refractivity (Wildman–Crippen MR) is 93.3 cm³/mol. The Kier molecular flexibility index (Phi) is 7.72. The van der Waals surface area contributed by atoms with Crippen molar-refractivity contribution in [1.29, 1.82) is 0 Å². The minimum atomic E-state index is -0.301. The number of urea groups is 1. The van der Waals surface area contributed by atoms with E-state index in [9.17, 15) is 9.59 Å². The molecule has 3 amide bonds. The highest BCUT2D eigenvalue weighted by molar-refractivity contribution is 5.93. The molecule has 1 aliphatic rings. The number of aromatic nitrogens is 1. The standard InChI is InChI=1S/C17H28N4O4/c1-13-11-15(20-25-13)19-16(22)12-21(9-6-10-24-2)17(23)18-14-7-4-3-5-8-14/h11,14H,3-10,12H2,1-2H3,(H,18,23)(H,19,20,22). The Balaban J connectivity index is 1.88. The lowest BCUT2D eigenvalue weighted by atomic mass is 9.96. The number of hydrogen-bond donors (Lipinski definition) is 2. The average molecular weight is 352 g/mol. The lowest BCUT2D eigenvalue weighted by Gasteiger charge is -2.28. The molecule has 8 heteroatoms. The van der Waals surface area contributed by atoms with E-state index in [-0.39, 0.29) is 24.5 Å². The minimum Gasteiger partial charge on any atom is -0.385 e. The zero-order valence-corrected chi connectivity index (χ0v) is 15.0. The number of hydrogen-bond acceptors (Lipinski definition) is 5. The summed E-state index contributed by atoms with van der Waals surface area (Å²) in [7, 11) is 1.62. The third kappa shape index (κ3) is 6.74. The molecule has 1 heterocycles. The first-order valence-corrected chi connectivity index (χ1v) is 8.86. The van der Waals surface area contributed by atoms with Crippen LogP contribution in [-0.4, -0.2) is 54.8 Å². The van der Waals surface area contributed by atoms with Crippen molar-refractivity contribution in [3.63, 3.8) is 0 Å². The van der Waals surface area contributed by atoms with Gasteiger partial charge in [-0.1, -0.05) is 24.4 Å². The lowest BCUT2D eigenvalue weighted by molar-refractivity contribution is -0.116. The molecular formula is C17H28N4O4. The van der Waals surface area contributed by atoms with Crippen LogP contribution in [0.2, 0.25) is 0 Å². The van der Waals surface area contributed by atoms with E-state index in [1.54, 1.807) is 20.1 Å². The van der Waals surface area contributed by atoms with Crippen LogP contribution in [0.25, 0.3) is 0 Å². The van der Waals surface area contributed by atoms with Gasteiger partial charge in [0.05, 0.1) is 0 Å².